The van der Waals surface area contributed by atoms with Gasteiger partial charge in [0.2, 0.25) is 12.0 Å². The van der Waals surface area contributed by atoms with Gasteiger partial charge in [-0.05, 0) is 22.8 Å². The maximum absolute atomic E-state index is 12.3. The summed E-state index contributed by atoms with van der Waals surface area (Å²) >= 11 is 0. The zero-order chi connectivity index (χ0) is 19.8. The van der Waals surface area contributed by atoms with Gasteiger partial charge in [-0.25, -0.2) is 4.79 Å². The molecule has 0 fully saturated rings. The lowest BCUT2D eigenvalue weighted by Gasteiger charge is -2.29. The zero-order valence-electron chi connectivity index (χ0n) is 15.6. The maximum atomic E-state index is 12.3. The summed E-state index contributed by atoms with van der Waals surface area (Å²) in [5.74, 6) is -0.382. The second-order valence-corrected chi connectivity index (χ2v) is 6.50. The monoisotopic (exact) mass is 380 g/mol. The van der Waals surface area contributed by atoms with E-state index in [0.29, 0.717) is 13.0 Å². The smallest absolute Gasteiger partial charge is 0.373 e. The third kappa shape index (κ3) is 5.31. The fourth-order valence-electron chi connectivity index (χ4n) is 2.97. The van der Waals surface area contributed by atoms with Crippen LogP contribution in [0.4, 0.5) is 0 Å². The van der Waals surface area contributed by atoms with Gasteiger partial charge >= 0.3 is 5.97 Å². The Bertz CT molecular complexity index is 811. The van der Waals surface area contributed by atoms with Crippen LogP contribution >= 0.6 is 0 Å². The Morgan fingerprint density at radius 2 is 1.86 bits per heavy atom. The van der Waals surface area contributed by atoms with Crippen molar-refractivity contribution < 1.29 is 24.1 Å². The molecule has 0 aromatic heterocycles. The Morgan fingerprint density at radius 1 is 1.14 bits per heavy atom. The van der Waals surface area contributed by atoms with Crippen molar-refractivity contribution in [3.05, 3.63) is 95.8 Å². The highest BCUT2D eigenvalue weighted by atomic mass is 16.7. The van der Waals surface area contributed by atoms with Crippen LogP contribution in [0.2, 0.25) is 0 Å². The topological polar surface area (TPSA) is 65.0 Å². The first-order valence-electron chi connectivity index (χ1n) is 9.21. The molecule has 5 nitrogen and oxygen atoms in total. The van der Waals surface area contributed by atoms with Crippen LogP contribution in [0.25, 0.3) is 0 Å². The zero-order valence-corrected chi connectivity index (χ0v) is 15.6. The van der Waals surface area contributed by atoms with Gasteiger partial charge in [0.1, 0.15) is 6.61 Å². The minimum absolute atomic E-state index is 0.00655. The van der Waals surface area contributed by atoms with E-state index in [1.165, 1.54) is 6.08 Å². The highest BCUT2D eigenvalue weighted by Crippen LogP contribution is 2.32. The lowest BCUT2D eigenvalue weighted by Crippen LogP contribution is -2.27. The van der Waals surface area contributed by atoms with Gasteiger partial charge in [-0.3, -0.25) is 0 Å². The van der Waals surface area contributed by atoms with Crippen molar-refractivity contribution in [2.45, 2.75) is 31.8 Å². The number of aliphatic hydroxyl groups is 1. The molecule has 2 aromatic carbocycles. The molecule has 0 bridgehead atoms. The molecule has 1 N–H and O–H groups in total. The SMILES string of the molecule is C=CCOC(=O)C1=C[C@H](c2ccccc2)C[C@H](OCc2ccc(CO)cc2)O1. The molecule has 0 spiro atoms. The quantitative estimate of drug-likeness (QED) is 0.557. The molecule has 0 aliphatic carbocycles. The van der Waals surface area contributed by atoms with E-state index in [0.717, 1.165) is 16.7 Å². The number of hydrogen-bond donors (Lipinski definition) is 1. The van der Waals surface area contributed by atoms with Gasteiger partial charge in [0.05, 0.1) is 13.2 Å². The second kappa shape index (κ2) is 9.88. The van der Waals surface area contributed by atoms with Crippen molar-refractivity contribution in [3.63, 3.8) is 0 Å². The molecule has 1 heterocycles. The summed E-state index contributed by atoms with van der Waals surface area (Å²) < 4.78 is 16.8. The van der Waals surface area contributed by atoms with E-state index < -0.39 is 12.3 Å². The molecule has 1 aliphatic heterocycles. The van der Waals surface area contributed by atoms with Crippen LogP contribution in [0, 0.1) is 0 Å². The van der Waals surface area contributed by atoms with E-state index in [9.17, 15) is 4.79 Å². The number of ether oxygens (including phenoxy) is 3. The average molecular weight is 380 g/mol. The summed E-state index contributed by atoms with van der Waals surface area (Å²) in [6.07, 6.45) is 3.33. The van der Waals surface area contributed by atoms with Crippen molar-refractivity contribution in [3.8, 4) is 0 Å². The Kier molecular flexibility index (Phi) is 7.00. The molecule has 28 heavy (non-hydrogen) atoms. The second-order valence-electron chi connectivity index (χ2n) is 6.50. The minimum atomic E-state index is -0.570. The van der Waals surface area contributed by atoms with E-state index in [1.54, 1.807) is 6.08 Å². The minimum Gasteiger partial charge on any atom is -0.458 e. The molecule has 0 saturated carbocycles. The summed E-state index contributed by atoms with van der Waals surface area (Å²) in [4.78, 5) is 12.3. The van der Waals surface area contributed by atoms with Gasteiger partial charge < -0.3 is 19.3 Å². The molecule has 2 atom stereocenters. The molecule has 0 amide bonds. The standard InChI is InChI=1S/C23H24O5/c1-2-12-26-23(25)21-13-20(19-6-4-3-5-7-19)14-22(28-21)27-16-18-10-8-17(15-24)9-11-18/h2-11,13,20,22,24H,1,12,14-16H2/t20-,22+/m0/s1. The number of carbonyl (C=O) groups excluding carboxylic acids is 1. The normalized spacial score (nSPS) is 18.7. The fraction of sp³-hybridized carbons (Fsp3) is 0.261. The number of esters is 1. The highest BCUT2D eigenvalue weighted by molar-refractivity contribution is 5.86. The van der Waals surface area contributed by atoms with Gasteiger partial charge in [-0.2, -0.15) is 0 Å². The van der Waals surface area contributed by atoms with Gasteiger partial charge in [-0.1, -0.05) is 67.3 Å². The number of rotatable bonds is 8. The number of aliphatic hydroxyl groups excluding tert-OH is 1. The third-order valence-corrected chi connectivity index (χ3v) is 4.46. The van der Waals surface area contributed by atoms with E-state index in [1.807, 2.05) is 54.6 Å². The van der Waals surface area contributed by atoms with Crippen LogP contribution in [0.15, 0.2) is 79.1 Å². The van der Waals surface area contributed by atoms with Gasteiger partial charge in [0.25, 0.3) is 0 Å². The summed E-state index contributed by atoms with van der Waals surface area (Å²) in [5.41, 5.74) is 2.89. The van der Waals surface area contributed by atoms with Crippen LogP contribution < -0.4 is 0 Å². The van der Waals surface area contributed by atoms with Crippen LogP contribution in [0.1, 0.15) is 29.0 Å². The first-order valence-corrected chi connectivity index (χ1v) is 9.21. The Labute approximate surface area is 164 Å². The highest BCUT2D eigenvalue weighted by Gasteiger charge is 2.29. The fourth-order valence-corrected chi connectivity index (χ4v) is 2.97. The summed E-state index contributed by atoms with van der Waals surface area (Å²) in [6, 6.07) is 17.4. The van der Waals surface area contributed by atoms with E-state index in [-0.39, 0.29) is 24.9 Å². The van der Waals surface area contributed by atoms with Crippen molar-refractivity contribution in [1.82, 2.24) is 0 Å². The van der Waals surface area contributed by atoms with Gasteiger partial charge in [-0.15, -0.1) is 0 Å². The number of hydrogen-bond acceptors (Lipinski definition) is 5. The Balaban J connectivity index is 1.71. The summed E-state index contributed by atoms with van der Waals surface area (Å²) in [5, 5.41) is 9.13. The lowest BCUT2D eigenvalue weighted by molar-refractivity contribution is -0.163. The first-order chi connectivity index (χ1) is 13.7. The largest absolute Gasteiger partial charge is 0.458 e. The van der Waals surface area contributed by atoms with E-state index in [4.69, 9.17) is 19.3 Å². The van der Waals surface area contributed by atoms with E-state index in [2.05, 4.69) is 6.58 Å². The summed E-state index contributed by atoms with van der Waals surface area (Å²) in [6.45, 7) is 4.02. The third-order valence-electron chi connectivity index (χ3n) is 4.46. The number of benzene rings is 2. The molecule has 3 rings (SSSR count). The molecular formula is C23H24O5. The Hall–Kier alpha value is -2.89. The lowest BCUT2D eigenvalue weighted by atomic mass is 9.93. The molecule has 2 aromatic rings. The first kappa shape index (κ1) is 19.9. The molecule has 146 valence electrons. The average Bonchev–Trinajstić information content (AvgIpc) is 2.76. The van der Waals surface area contributed by atoms with Crippen molar-refractivity contribution in [2.24, 2.45) is 0 Å². The van der Waals surface area contributed by atoms with Crippen LogP contribution in [-0.2, 0) is 32.2 Å². The van der Waals surface area contributed by atoms with Gasteiger partial charge in [0, 0.05) is 12.3 Å². The van der Waals surface area contributed by atoms with Crippen LogP contribution in [-0.4, -0.2) is 24.0 Å². The van der Waals surface area contributed by atoms with Crippen LogP contribution in [0.5, 0.6) is 0 Å². The molecule has 1 aliphatic rings. The van der Waals surface area contributed by atoms with Gasteiger partial charge in [0.15, 0.2) is 0 Å². The maximum Gasteiger partial charge on any atom is 0.373 e. The molecule has 0 unspecified atom stereocenters. The molecular weight excluding hydrogens is 356 g/mol. The number of carbonyl (C=O) groups is 1. The molecule has 0 saturated heterocycles. The predicted molar refractivity (Wildman–Crippen MR) is 105 cm³/mol. The van der Waals surface area contributed by atoms with Crippen molar-refractivity contribution in [1.29, 1.82) is 0 Å². The summed E-state index contributed by atoms with van der Waals surface area (Å²) in [7, 11) is 0. The molecule has 5 heteroatoms. The van der Waals surface area contributed by atoms with Crippen LogP contribution in [0.3, 0.4) is 0 Å². The predicted octanol–water partition coefficient (Wildman–Crippen LogP) is 3.84. The Morgan fingerprint density at radius 3 is 2.54 bits per heavy atom. The van der Waals surface area contributed by atoms with Crippen molar-refractivity contribution in [2.75, 3.05) is 6.61 Å². The molecule has 0 radical (unpaired) electrons. The number of allylic oxidation sites excluding steroid dienone is 1. The van der Waals surface area contributed by atoms with Crippen molar-refractivity contribution >= 4 is 5.97 Å². The van der Waals surface area contributed by atoms with E-state index >= 15 is 0 Å².